The number of nitrogens with one attached hydrogen (secondary N) is 4. The van der Waals surface area contributed by atoms with Crippen LogP contribution in [0.3, 0.4) is 0 Å². The molecule has 0 bridgehead atoms. The van der Waals surface area contributed by atoms with Gasteiger partial charge in [0.15, 0.2) is 6.10 Å². The molecule has 1 aromatic rings. The molecule has 0 saturated carbocycles. The number of amides is 6. The lowest BCUT2D eigenvalue weighted by Crippen LogP contribution is -2.55. The maximum atomic E-state index is 13.1. The second-order valence-electron chi connectivity index (χ2n) is 11.8. The number of alkyl carbamates (subject to hydrolysis) is 1. The molecule has 17 nitrogen and oxygen atoms in total. The highest BCUT2D eigenvalue weighted by atomic mass is 16.6. The smallest absolute Gasteiger partial charge is 0.407 e. The number of rotatable bonds is 14. The fourth-order valence-electron chi connectivity index (χ4n) is 5.07. The van der Waals surface area contributed by atoms with E-state index in [2.05, 4.69) is 21.3 Å². The fraction of sp³-hybridized carbons (Fsp3) is 0.516. The largest absolute Gasteiger partial charge is 0.479 e. The average Bonchev–Trinajstić information content (AvgIpc) is 3.34. The Labute approximate surface area is 276 Å². The molecule has 3 rings (SSSR count). The minimum Gasteiger partial charge on any atom is -0.479 e. The maximum absolute atomic E-state index is 13.1. The van der Waals surface area contributed by atoms with E-state index in [9.17, 15) is 48.9 Å². The number of hydrogen-bond acceptors (Lipinski definition) is 11. The minimum absolute atomic E-state index is 0.132. The zero-order valence-corrected chi connectivity index (χ0v) is 26.9. The van der Waals surface area contributed by atoms with Crippen LogP contribution in [-0.2, 0) is 51.3 Å². The second kappa shape index (κ2) is 16.8. The summed E-state index contributed by atoms with van der Waals surface area (Å²) >= 11 is 0. The number of carboxylic acids is 1. The Morgan fingerprint density at radius 1 is 0.979 bits per heavy atom. The van der Waals surface area contributed by atoms with Gasteiger partial charge in [-0.3, -0.25) is 28.9 Å². The molecule has 2 aliphatic rings. The molecule has 17 heteroatoms. The van der Waals surface area contributed by atoms with Gasteiger partial charge in [0.05, 0.1) is 18.3 Å². The lowest BCUT2D eigenvalue weighted by Gasteiger charge is -2.35. The first kappa shape index (κ1) is 37.6. The van der Waals surface area contributed by atoms with E-state index in [1.165, 1.54) is 14.0 Å². The van der Waals surface area contributed by atoms with Crippen LogP contribution in [0.25, 0.3) is 0 Å². The number of imide groups is 1. The SMILES string of the molecule is CNC(=O)OCc1ccc(NC(=O)[C@H](C)NC(=O)[C@@H](NC(=O)CN2C(=O)C=CC2=O)C(C)C)cc1CC[C@@H]1O[C@H](C(=O)O)[C@@H](O)C[C@H]1O. The molecule has 2 heterocycles. The molecule has 48 heavy (non-hydrogen) atoms. The lowest BCUT2D eigenvalue weighted by molar-refractivity contribution is -0.193. The number of ether oxygens (including phenoxy) is 2. The second-order valence-corrected chi connectivity index (χ2v) is 11.8. The topological polar surface area (TPSA) is 250 Å². The van der Waals surface area contributed by atoms with Gasteiger partial charge < -0.3 is 46.1 Å². The zero-order chi connectivity index (χ0) is 35.7. The number of benzene rings is 1. The predicted molar refractivity (Wildman–Crippen MR) is 166 cm³/mol. The highest BCUT2D eigenvalue weighted by molar-refractivity contribution is 6.14. The number of carbonyl (C=O) groups is 7. The van der Waals surface area contributed by atoms with Gasteiger partial charge in [-0.25, -0.2) is 9.59 Å². The number of carboxylic acid groups (broad SMARTS) is 1. The molecule has 1 fully saturated rings. The quantitative estimate of drug-likeness (QED) is 0.117. The Bertz CT molecular complexity index is 1430. The normalized spacial score (nSPS) is 21.8. The Kier molecular flexibility index (Phi) is 13.2. The molecule has 0 aromatic heterocycles. The van der Waals surface area contributed by atoms with E-state index in [0.717, 1.165) is 17.1 Å². The summed E-state index contributed by atoms with van der Waals surface area (Å²) in [7, 11) is 1.39. The highest BCUT2D eigenvalue weighted by Crippen LogP contribution is 2.26. The van der Waals surface area contributed by atoms with Crippen LogP contribution in [0.5, 0.6) is 0 Å². The van der Waals surface area contributed by atoms with Crippen molar-refractivity contribution in [3.8, 4) is 0 Å². The van der Waals surface area contributed by atoms with E-state index >= 15 is 0 Å². The molecule has 1 saturated heterocycles. The molecular formula is C31H41N5O12. The Morgan fingerprint density at radius 2 is 1.65 bits per heavy atom. The average molecular weight is 676 g/mol. The van der Waals surface area contributed by atoms with Crippen molar-refractivity contribution >= 4 is 47.3 Å². The van der Waals surface area contributed by atoms with Crippen LogP contribution in [0.4, 0.5) is 10.5 Å². The minimum atomic E-state index is -1.50. The molecule has 1 aromatic carbocycles. The molecule has 262 valence electrons. The Morgan fingerprint density at radius 3 is 2.25 bits per heavy atom. The van der Waals surface area contributed by atoms with Crippen molar-refractivity contribution in [3.05, 3.63) is 41.5 Å². The van der Waals surface area contributed by atoms with Crippen molar-refractivity contribution in [1.82, 2.24) is 20.9 Å². The van der Waals surface area contributed by atoms with Gasteiger partial charge in [0.2, 0.25) is 17.7 Å². The molecule has 6 atom stereocenters. The number of carbonyl (C=O) groups excluding carboxylic acids is 6. The number of aryl methyl sites for hydroxylation is 1. The van der Waals surface area contributed by atoms with E-state index in [1.54, 1.807) is 32.0 Å². The summed E-state index contributed by atoms with van der Waals surface area (Å²) < 4.78 is 10.6. The third-order valence-corrected chi connectivity index (χ3v) is 7.78. The molecule has 0 aliphatic carbocycles. The third-order valence-electron chi connectivity index (χ3n) is 7.78. The van der Waals surface area contributed by atoms with Crippen molar-refractivity contribution in [2.24, 2.45) is 5.92 Å². The van der Waals surface area contributed by atoms with Gasteiger partial charge >= 0.3 is 12.1 Å². The maximum Gasteiger partial charge on any atom is 0.407 e. The van der Waals surface area contributed by atoms with Crippen LogP contribution in [0.15, 0.2) is 30.4 Å². The molecule has 0 unspecified atom stereocenters. The van der Waals surface area contributed by atoms with E-state index in [4.69, 9.17) is 9.47 Å². The van der Waals surface area contributed by atoms with Gasteiger partial charge in [-0.1, -0.05) is 19.9 Å². The summed E-state index contributed by atoms with van der Waals surface area (Å²) in [6.45, 7) is 4.06. The Balaban J connectivity index is 1.67. The van der Waals surface area contributed by atoms with Crippen LogP contribution in [0, 0.1) is 5.92 Å². The molecule has 7 N–H and O–H groups in total. The van der Waals surface area contributed by atoms with Gasteiger partial charge in [-0.15, -0.1) is 0 Å². The number of aliphatic carboxylic acids is 1. The van der Waals surface area contributed by atoms with E-state index < -0.39 is 90.6 Å². The summed E-state index contributed by atoms with van der Waals surface area (Å²) in [6.07, 6.45) is -3.39. The van der Waals surface area contributed by atoms with E-state index in [1.807, 2.05) is 0 Å². The summed E-state index contributed by atoms with van der Waals surface area (Å²) in [5.74, 6) is -5.09. The van der Waals surface area contributed by atoms with Crippen molar-refractivity contribution in [2.45, 2.75) is 83.1 Å². The van der Waals surface area contributed by atoms with Crippen molar-refractivity contribution in [3.63, 3.8) is 0 Å². The highest BCUT2D eigenvalue weighted by Gasteiger charge is 2.40. The van der Waals surface area contributed by atoms with Gasteiger partial charge in [0, 0.05) is 31.3 Å². The van der Waals surface area contributed by atoms with Gasteiger partial charge in [0.25, 0.3) is 11.8 Å². The van der Waals surface area contributed by atoms with Crippen molar-refractivity contribution in [1.29, 1.82) is 0 Å². The number of anilines is 1. The van der Waals surface area contributed by atoms with Crippen molar-refractivity contribution in [2.75, 3.05) is 18.9 Å². The standard InChI is InChI=1S/C31H41N5O12/c1-15(2)26(35-23(39)13-36-24(40)9-10-25(36)41)29(43)33-16(3)28(42)34-19-7-5-18(14-47-31(46)32-4)17(11-19)6-8-22-20(37)12-21(38)27(48-22)30(44)45/h5,7,9-11,15-16,20-22,26-27,37-38H,6,8,12-14H2,1-4H3,(H,32,46)(H,33,43)(H,34,42)(H,35,39)(H,44,45)/t16-,20+,21-,22-,26-,27-/m0/s1. The van der Waals surface area contributed by atoms with Gasteiger partial charge in [-0.2, -0.15) is 0 Å². The van der Waals surface area contributed by atoms with E-state index in [-0.39, 0.29) is 25.9 Å². The monoisotopic (exact) mass is 675 g/mol. The van der Waals surface area contributed by atoms with Gasteiger partial charge in [-0.05, 0) is 48.9 Å². The lowest BCUT2D eigenvalue weighted by atomic mass is 9.93. The van der Waals surface area contributed by atoms with Crippen LogP contribution < -0.4 is 21.3 Å². The molecule has 2 aliphatic heterocycles. The third kappa shape index (κ3) is 10.1. The predicted octanol–water partition coefficient (Wildman–Crippen LogP) is -1.05. The molecule has 0 spiro atoms. The molecule has 0 radical (unpaired) electrons. The number of aliphatic hydroxyl groups excluding tert-OH is 2. The summed E-state index contributed by atoms with van der Waals surface area (Å²) in [4.78, 5) is 86.1. The molecular weight excluding hydrogens is 634 g/mol. The number of nitrogens with zero attached hydrogens (tertiary/aromatic N) is 1. The van der Waals surface area contributed by atoms with Gasteiger partial charge in [0.1, 0.15) is 25.2 Å². The number of aliphatic hydroxyl groups is 2. The van der Waals surface area contributed by atoms with Crippen LogP contribution in [0.1, 0.15) is 44.7 Å². The Hall–Kier alpha value is -4.87. The zero-order valence-electron chi connectivity index (χ0n) is 26.9. The van der Waals surface area contributed by atoms with Crippen LogP contribution in [0.2, 0.25) is 0 Å². The first-order chi connectivity index (χ1) is 22.6. The first-order valence-electron chi connectivity index (χ1n) is 15.3. The first-order valence-corrected chi connectivity index (χ1v) is 15.3. The summed E-state index contributed by atoms with van der Waals surface area (Å²) in [5.41, 5.74) is 1.45. The molecule has 6 amide bonds. The van der Waals surface area contributed by atoms with E-state index in [0.29, 0.717) is 16.8 Å². The number of hydrogen-bond donors (Lipinski definition) is 7. The van der Waals surface area contributed by atoms with Crippen molar-refractivity contribution < 1.29 is 58.4 Å². The summed E-state index contributed by atoms with van der Waals surface area (Å²) in [5, 5.41) is 39.8. The summed E-state index contributed by atoms with van der Waals surface area (Å²) in [6, 6.07) is 2.59. The van der Waals surface area contributed by atoms with Crippen LogP contribution >= 0.6 is 0 Å². The van der Waals surface area contributed by atoms with Crippen LogP contribution in [-0.4, -0.2) is 112 Å². The fourth-order valence-corrected chi connectivity index (χ4v) is 5.07.